The highest BCUT2D eigenvalue weighted by molar-refractivity contribution is 5.92. The first-order valence-electron chi connectivity index (χ1n) is 6.65. The van der Waals surface area contributed by atoms with Crippen LogP contribution in [0.1, 0.15) is 28.9 Å². The van der Waals surface area contributed by atoms with Gasteiger partial charge in [-0.3, -0.25) is 9.78 Å². The summed E-state index contributed by atoms with van der Waals surface area (Å²) in [6.07, 6.45) is 3.63. The molecule has 0 radical (unpaired) electrons. The number of halogens is 1. The van der Waals surface area contributed by atoms with Crippen LogP contribution in [0.15, 0.2) is 48.7 Å². The number of hydrogen-bond donors (Lipinski definition) is 1. The Kier molecular flexibility index (Phi) is 3.22. The molecule has 0 saturated heterocycles. The van der Waals surface area contributed by atoms with Gasteiger partial charge in [0, 0.05) is 18.2 Å². The van der Waals surface area contributed by atoms with E-state index in [1.165, 1.54) is 12.1 Å². The van der Waals surface area contributed by atoms with E-state index >= 15 is 0 Å². The van der Waals surface area contributed by atoms with E-state index in [4.69, 9.17) is 0 Å². The second-order valence-electron chi connectivity index (χ2n) is 5.18. The molecule has 0 spiro atoms. The summed E-state index contributed by atoms with van der Waals surface area (Å²) in [7, 11) is 0. The Morgan fingerprint density at radius 3 is 2.55 bits per heavy atom. The lowest BCUT2D eigenvalue weighted by Crippen LogP contribution is -2.32. The van der Waals surface area contributed by atoms with Gasteiger partial charge < -0.3 is 5.32 Å². The Hall–Kier alpha value is -2.23. The van der Waals surface area contributed by atoms with Gasteiger partial charge in [-0.2, -0.15) is 0 Å². The summed E-state index contributed by atoms with van der Waals surface area (Å²) in [5.41, 5.74) is 1.47. The summed E-state index contributed by atoms with van der Waals surface area (Å²) in [4.78, 5) is 16.0. The summed E-state index contributed by atoms with van der Waals surface area (Å²) < 4.78 is 13.0. The number of pyridine rings is 1. The maximum absolute atomic E-state index is 13.0. The van der Waals surface area contributed by atoms with Crippen LogP contribution in [0.3, 0.4) is 0 Å². The lowest BCUT2D eigenvalue weighted by atomic mass is 9.96. The third-order valence-corrected chi connectivity index (χ3v) is 3.80. The van der Waals surface area contributed by atoms with Crippen molar-refractivity contribution in [3.63, 3.8) is 0 Å². The maximum atomic E-state index is 13.0. The second kappa shape index (κ2) is 5.04. The monoisotopic (exact) mass is 270 g/mol. The first-order chi connectivity index (χ1) is 9.70. The van der Waals surface area contributed by atoms with Crippen LogP contribution in [0.2, 0.25) is 0 Å². The Morgan fingerprint density at radius 1 is 1.20 bits per heavy atom. The van der Waals surface area contributed by atoms with Crippen LogP contribution >= 0.6 is 0 Å². The van der Waals surface area contributed by atoms with Crippen LogP contribution < -0.4 is 5.32 Å². The van der Waals surface area contributed by atoms with Crippen LogP contribution in [0.5, 0.6) is 0 Å². The molecule has 0 bridgehead atoms. The van der Waals surface area contributed by atoms with Crippen molar-refractivity contribution in [2.75, 3.05) is 6.54 Å². The van der Waals surface area contributed by atoms with Crippen molar-refractivity contribution in [2.24, 2.45) is 0 Å². The minimum atomic E-state index is -0.234. The number of carbonyl (C=O) groups excluding carboxylic acids is 1. The van der Waals surface area contributed by atoms with Gasteiger partial charge in [0.2, 0.25) is 0 Å². The second-order valence-corrected chi connectivity index (χ2v) is 5.18. The molecule has 1 heterocycles. The third kappa shape index (κ3) is 2.54. The molecule has 102 valence electrons. The van der Waals surface area contributed by atoms with Gasteiger partial charge >= 0.3 is 0 Å². The fourth-order valence-corrected chi connectivity index (χ4v) is 2.36. The lowest BCUT2D eigenvalue weighted by Gasteiger charge is -2.16. The molecule has 1 N–H and O–H groups in total. The SMILES string of the molecule is O=C(NCC1(c2ccc(F)cc2)CC1)c1ccccn1. The molecule has 1 aliphatic rings. The highest BCUT2D eigenvalue weighted by Crippen LogP contribution is 2.47. The number of rotatable bonds is 4. The van der Waals surface area contributed by atoms with Crippen molar-refractivity contribution in [2.45, 2.75) is 18.3 Å². The summed E-state index contributed by atoms with van der Waals surface area (Å²) in [5, 5.41) is 2.92. The van der Waals surface area contributed by atoms with Crippen LogP contribution in [0.4, 0.5) is 4.39 Å². The fraction of sp³-hybridized carbons (Fsp3) is 0.250. The summed E-state index contributed by atoms with van der Waals surface area (Å²) >= 11 is 0. The van der Waals surface area contributed by atoms with Crippen LogP contribution in [-0.4, -0.2) is 17.4 Å². The molecular formula is C16H15FN2O. The Morgan fingerprint density at radius 2 is 1.95 bits per heavy atom. The van der Waals surface area contributed by atoms with Gasteiger partial charge in [0.1, 0.15) is 11.5 Å². The van der Waals surface area contributed by atoms with E-state index in [0.717, 1.165) is 18.4 Å². The maximum Gasteiger partial charge on any atom is 0.269 e. The zero-order valence-electron chi connectivity index (χ0n) is 11.0. The molecule has 1 amide bonds. The van der Waals surface area contributed by atoms with E-state index in [2.05, 4.69) is 10.3 Å². The quantitative estimate of drug-likeness (QED) is 0.928. The standard InChI is InChI=1S/C16H15FN2O/c17-13-6-4-12(5-7-13)16(8-9-16)11-19-15(20)14-3-1-2-10-18-14/h1-7,10H,8-9,11H2,(H,19,20). The van der Waals surface area contributed by atoms with Crippen molar-refractivity contribution >= 4 is 5.91 Å². The van der Waals surface area contributed by atoms with E-state index in [9.17, 15) is 9.18 Å². The summed E-state index contributed by atoms with van der Waals surface area (Å²) in [5.74, 6) is -0.402. The molecule has 0 unspecified atom stereocenters. The highest BCUT2D eigenvalue weighted by Gasteiger charge is 2.44. The molecule has 1 aromatic heterocycles. The first kappa shape index (κ1) is 12.8. The number of carbonyl (C=O) groups is 1. The van der Waals surface area contributed by atoms with Crippen LogP contribution in [-0.2, 0) is 5.41 Å². The molecular weight excluding hydrogens is 255 g/mol. The lowest BCUT2D eigenvalue weighted by molar-refractivity contribution is 0.0944. The molecule has 1 aromatic carbocycles. The van der Waals surface area contributed by atoms with Gasteiger partial charge in [-0.15, -0.1) is 0 Å². The van der Waals surface area contributed by atoms with Crippen molar-refractivity contribution in [3.8, 4) is 0 Å². The van der Waals surface area contributed by atoms with E-state index in [-0.39, 0.29) is 17.1 Å². The fourth-order valence-electron chi connectivity index (χ4n) is 2.36. The predicted octanol–water partition coefficient (Wildman–Crippen LogP) is 2.68. The molecule has 1 aliphatic carbocycles. The Bertz CT molecular complexity index is 606. The van der Waals surface area contributed by atoms with Crippen molar-refractivity contribution in [3.05, 3.63) is 65.7 Å². The van der Waals surface area contributed by atoms with Crippen molar-refractivity contribution < 1.29 is 9.18 Å². The van der Waals surface area contributed by atoms with Gasteiger partial charge in [-0.25, -0.2) is 4.39 Å². The molecule has 0 atom stereocenters. The normalized spacial score (nSPS) is 15.7. The van der Waals surface area contributed by atoms with Gasteiger partial charge in [-0.1, -0.05) is 18.2 Å². The minimum Gasteiger partial charge on any atom is -0.350 e. The number of hydrogen-bond acceptors (Lipinski definition) is 2. The van der Waals surface area contributed by atoms with Gasteiger partial charge in [0.15, 0.2) is 0 Å². The molecule has 2 aromatic rings. The highest BCUT2D eigenvalue weighted by atomic mass is 19.1. The van der Waals surface area contributed by atoms with Crippen molar-refractivity contribution in [1.82, 2.24) is 10.3 Å². The van der Waals surface area contributed by atoms with E-state index in [1.54, 1.807) is 36.5 Å². The minimum absolute atomic E-state index is 0.0296. The zero-order valence-corrected chi connectivity index (χ0v) is 11.0. The van der Waals surface area contributed by atoms with Gasteiger partial charge in [-0.05, 0) is 42.7 Å². The van der Waals surface area contributed by atoms with Gasteiger partial charge in [0.05, 0.1) is 0 Å². The Balaban J connectivity index is 1.66. The van der Waals surface area contributed by atoms with E-state index in [1.807, 2.05) is 0 Å². The molecule has 3 nitrogen and oxygen atoms in total. The smallest absolute Gasteiger partial charge is 0.269 e. The molecule has 3 rings (SSSR count). The number of benzene rings is 1. The third-order valence-electron chi connectivity index (χ3n) is 3.80. The summed E-state index contributed by atoms with van der Waals surface area (Å²) in [6, 6.07) is 11.8. The first-order valence-corrected chi connectivity index (χ1v) is 6.65. The average Bonchev–Trinajstić information content (AvgIpc) is 3.27. The number of aromatic nitrogens is 1. The summed E-state index contributed by atoms with van der Waals surface area (Å²) in [6.45, 7) is 0.564. The van der Waals surface area contributed by atoms with Crippen LogP contribution in [0.25, 0.3) is 0 Å². The Labute approximate surface area is 116 Å². The average molecular weight is 270 g/mol. The molecule has 4 heteroatoms. The molecule has 0 aliphatic heterocycles. The number of nitrogens with zero attached hydrogens (tertiary/aromatic N) is 1. The molecule has 1 saturated carbocycles. The molecule has 1 fully saturated rings. The van der Waals surface area contributed by atoms with Crippen LogP contribution in [0, 0.1) is 5.82 Å². The number of amides is 1. The largest absolute Gasteiger partial charge is 0.350 e. The topological polar surface area (TPSA) is 42.0 Å². The van der Waals surface area contributed by atoms with E-state index in [0.29, 0.717) is 12.2 Å². The van der Waals surface area contributed by atoms with Gasteiger partial charge in [0.25, 0.3) is 5.91 Å². The molecule has 20 heavy (non-hydrogen) atoms. The van der Waals surface area contributed by atoms with Crippen molar-refractivity contribution in [1.29, 1.82) is 0 Å². The predicted molar refractivity (Wildman–Crippen MR) is 73.9 cm³/mol. The zero-order chi connectivity index (χ0) is 14.0. The number of nitrogens with one attached hydrogen (secondary N) is 1. The van der Waals surface area contributed by atoms with E-state index < -0.39 is 0 Å².